The molecule has 4 heteroatoms. The topological polar surface area (TPSA) is 42.6 Å². The number of halogens is 1. The van der Waals surface area contributed by atoms with E-state index >= 15 is 0 Å². The predicted molar refractivity (Wildman–Crippen MR) is 89.6 cm³/mol. The van der Waals surface area contributed by atoms with E-state index in [9.17, 15) is 4.91 Å². The van der Waals surface area contributed by atoms with E-state index in [0.29, 0.717) is 16.3 Å². The van der Waals surface area contributed by atoms with Crippen molar-refractivity contribution in [3.8, 4) is 11.1 Å². The molecule has 0 saturated carbocycles. The number of fused-ring (bicyclic) bond motifs is 3. The van der Waals surface area contributed by atoms with Gasteiger partial charge >= 0.3 is 0 Å². The summed E-state index contributed by atoms with van der Waals surface area (Å²) in [5, 5.41) is 5.64. The van der Waals surface area contributed by atoms with E-state index < -0.39 is 0 Å². The van der Waals surface area contributed by atoms with Gasteiger partial charge in [-0.15, -0.1) is 4.91 Å². The smallest absolute Gasteiger partial charge is 0.143 e. The Morgan fingerprint density at radius 1 is 0.864 bits per heavy atom. The average molecular weight is 308 g/mol. The van der Waals surface area contributed by atoms with Crippen LogP contribution < -0.4 is 0 Å². The lowest BCUT2D eigenvalue weighted by Crippen LogP contribution is -1.80. The second kappa shape index (κ2) is 4.97. The summed E-state index contributed by atoms with van der Waals surface area (Å²) in [5.74, 6) is 0. The molecule has 0 radical (unpaired) electrons. The van der Waals surface area contributed by atoms with Crippen LogP contribution in [0, 0.1) is 4.91 Å². The molecule has 0 aliphatic rings. The van der Waals surface area contributed by atoms with Gasteiger partial charge in [-0.25, -0.2) is 0 Å². The molecule has 1 aromatic heterocycles. The molecule has 3 aromatic carbocycles. The summed E-state index contributed by atoms with van der Waals surface area (Å²) < 4.78 is 5.99. The largest absolute Gasteiger partial charge is 0.455 e. The molecular weight excluding hydrogens is 298 g/mol. The van der Waals surface area contributed by atoms with E-state index in [2.05, 4.69) is 5.18 Å². The molecule has 0 unspecified atom stereocenters. The van der Waals surface area contributed by atoms with E-state index in [1.165, 1.54) is 0 Å². The number of para-hydroxylation sites is 2. The van der Waals surface area contributed by atoms with E-state index in [4.69, 9.17) is 16.0 Å². The van der Waals surface area contributed by atoms with Crippen molar-refractivity contribution in [2.75, 3.05) is 0 Å². The molecule has 3 nitrogen and oxygen atoms in total. The summed E-state index contributed by atoms with van der Waals surface area (Å²) in [7, 11) is 0. The lowest BCUT2D eigenvalue weighted by molar-refractivity contribution is 0.670. The summed E-state index contributed by atoms with van der Waals surface area (Å²) in [6, 6.07) is 18.8. The molecule has 22 heavy (non-hydrogen) atoms. The fraction of sp³-hybridized carbons (Fsp3) is 0. The third-order valence-corrected chi connectivity index (χ3v) is 3.99. The minimum absolute atomic E-state index is 0.306. The lowest BCUT2D eigenvalue weighted by Gasteiger charge is -2.05. The summed E-state index contributed by atoms with van der Waals surface area (Å²) >= 11 is 5.94. The van der Waals surface area contributed by atoms with Crippen molar-refractivity contribution in [1.82, 2.24) is 0 Å². The zero-order valence-electron chi connectivity index (χ0n) is 11.4. The van der Waals surface area contributed by atoms with Crippen LogP contribution in [0.25, 0.3) is 33.1 Å². The Morgan fingerprint density at radius 2 is 1.68 bits per heavy atom. The van der Waals surface area contributed by atoms with Gasteiger partial charge in [0.05, 0.1) is 0 Å². The maximum atomic E-state index is 11.1. The van der Waals surface area contributed by atoms with Crippen molar-refractivity contribution in [3.05, 3.63) is 70.6 Å². The van der Waals surface area contributed by atoms with Gasteiger partial charge < -0.3 is 4.42 Å². The van der Waals surface area contributed by atoms with Crippen LogP contribution in [-0.4, -0.2) is 0 Å². The van der Waals surface area contributed by atoms with Crippen LogP contribution in [0.2, 0.25) is 5.02 Å². The van der Waals surface area contributed by atoms with E-state index in [1.54, 1.807) is 18.2 Å². The molecule has 0 fully saturated rings. The van der Waals surface area contributed by atoms with Crippen molar-refractivity contribution in [2.45, 2.75) is 0 Å². The molecule has 4 rings (SSSR count). The molecule has 0 amide bonds. The molecule has 1 heterocycles. The Kier molecular flexibility index (Phi) is 2.94. The molecule has 106 valence electrons. The highest BCUT2D eigenvalue weighted by Crippen LogP contribution is 2.39. The first-order valence-electron chi connectivity index (χ1n) is 6.81. The maximum absolute atomic E-state index is 11.1. The highest BCUT2D eigenvalue weighted by Gasteiger charge is 2.14. The van der Waals surface area contributed by atoms with E-state index in [1.807, 2.05) is 42.5 Å². The van der Waals surface area contributed by atoms with Crippen LogP contribution in [0.5, 0.6) is 0 Å². The van der Waals surface area contributed by atoms with Crippen molar-refractivity contribution in [3.63, 3.8) is 0 Å². The van der Waals surface area contributed by atoms with Crippen LogP contribution in [0.3, 0.4) is 0 Å². The molecule has 4 aromatic rings. The van der Waals surface area contributed by atoms with Gasteiger partial charge in [0, 0.05) is 26.9 Å². The predicted octanol–water partition coefficient (Wildman–Crippen LogP) is 6.30. The van der Waals surface area contributed by atoms with Gasteiger partial charge in [0.15, 0.2) is 0 Å². The van der Waals surface area contributed by atoms with Crippen LogP contribution in [0.4, 0.5) is 5.69 Å². The standard InChI is InChI=1S/C18H10ClNO2/c19-11-8-9-12(16(10-11)20-21)14-5-3-6-15-13-4-1-2-7-17(13)22-18(14)15/h1-10H. The van der Waals surface area contributed by atoms with Gasteiger partial charge in [0.2, 0.25) is 0 Å². The third kappa shape index (κ3) is 1.90. The number of rotatable bonds is 2. The zero-order valence-corrected chi connectivity index (χ0v) is 12.2. The second-order valence-electron chi connectivity index (χ2n) is 5.03. The second-order valence-corrected chi connectivity index (χ2v) is 5.47. The molecule has 0 saturated heterocycles. The zero-order chi connectivity index (χ0) is 15.1. The van der Waals surface area contributed by atoms with Gasteiger partial charge in [0.1, 0.15) is 16.9 Å². The van der Waals surface area contributed by atoms with Gasteiger partial charge in [-0.05, 0) is 23.4 Å². The van der Waals surface area contributed by atoms with Gasteiger partial charge in [0.25, 0.3) is 0 Å². The Balaban J connectivity index is 2.09. The summed E-state index contributed by atoms with van der Waals surface area (Å²) in [6.45, 7) is 0. The highest BCUT2D eigenvalue weighted by molar-refractivity contribution is 6.31. The van der Waals surface area contributed by atoms with Crippen molar-refractivity contribution < 1.29 is 4.42 Å². The normalized spacial score (nSPS) is 11.1. The van der Waals surface area contributed by atoms with Crippen molar-refractivity contribution >= 4 is 39.2 Å². The number of hydrogen-bond donors (Lipinski definition) is 0. The summed E-state index contributed by atoms with van der Waals surface area (Å²) in [6.07, 6.45) is 0. The molecule has 0 aliphatic carbocycles. The number of nitrogens with zero attached hydrogens (tertiary/aromatic N) is 1. The number of furan rings is 1. The number of benzene rings is 3. The van der Waals surface area contributed by atoms with E-state index in [0.717, 1.165) is 27.5 Å². The Labute approximate surface area is 131 Å². The Morgan fingerprint density at radius 3 is 2.55 bits per heavy atom. The molecular formula is C18H10ClNO2. The van der Waals surface area contributed by atoms with Crippen molar-refractivity contribution in [2.24, 2.45) is 5.18 Å². The van der Waals surface area contributed by atoms with Crippen molar-refractivity contribution in [1.29, 1.82) is 0 Å². The Hall–Kier alpha value is -2.65. The van der Waals surface area contributed by atoms with Crippen LogP contribution >= 0.6 is 11.6 Å². The minimum atomic E-state index is 0.306. The van der Waals surface area contributed by atoms with E-state index in [-0.39, 0.29) is 0 Å². The fourth-order valence-electron chi connectivity index (χ4n) is 2.77. The summed E-state index contributed by atoms with van der Waals surface area (Å²) in [5.41, 5.74) is 3.42. The fourth-order valence-corrected chi connectivity index (χ4v) is 2.93. The SMILES string of the molecule is O=Nc1cc(Cl)ccc1-c1cccc2c1oc1ccccc12. The van der Waals surface area contributed by atoms with Gasteiger partial charge in [-0.1, -0.05) is 54.1 Å². The number of hydrogen-bond acceptors (Lipinski definition) is 3. The minimum Gasteiger partial charge on any atom is -0.455 e. The third-order valence-electron chi connectivity index (χ3n) is 3.75. The first-order chi connectivity index (χ1) is 10.8. The average Bonchev–Trinajstić information content (AvgIpc) is 2.93. The molecule has 0 N–H and O–H groups in total. The highest BCUT2D eigenvalue weighted by atomic mass is 35.5. The monoisotopic (exact) mass is 307 g/mol. The first kappa shape index (κ1) is 13.0. The molecule has 0 bridgehead atoms. The molecule has 0 spiro atoms. The maximum Gasteiger partial charge on any atom is 0.143 e. The lowest BCUT2D eigenvalue weighted by atomic mass is 10.0. The van der Waals surface area contributed by atoms with Crippen LogP contribution in [-0.2, 0) is 0 Å². The quantitative estimate of drug-likeness (QED) is 0.407. The summed E-state index contributed by atoms with van der Waals surface area (Å²) in [4.78, 5) is 11.1. The molecule has 0 aliphatic heterocycles. The van der Waals surface area contributed by atoms with Gasteiger partial charge in [-0.2, -0.15) is 0 Å². The van der Waals surface area contributed by atoms with Crippen LogP contribution in [0.15, 0.2) is 70.3 Å². The number of nitroso groups, excluding NO2 is 1. The van der Waals surface area contributed by atoms with Crippen LogP contribution in [0.1, 0.15) is 0 Å². The van der Waals surface area contributed by atoms with Gasteiger partial charge in [-0.3, -0.25) is 0 Å². The first-order valence-corrected chi connectivity index (χ1v) is 7.19. The Bertz CT molecular complexity index is 1020. The molecule has 0 atom stereocenters.